The van der Waals surface area contributed by atoms with Gasteiger partial charge in [0.25, 0.3) is 0 Å². The number of carbonyl (C=O) groups excluding carboxylic acids is 1. The van der Waals surface area contributed by atoms with Crippen molar-refractivity contribution in [1.82, 2.24) is 5.32 Å². The Labute approximate surface area is 114 Å². The number of alkyl halides is 3. The van der Waals surface area contributed by atoms with Crippen molar-refractivity contribution in [2.24, 2.45) is 5.41 Å². The van der Waals surface area contributed by atoms with E-state index < -0.39 is 12.1 Å². The van der Waals surface area contributed by atoms with Crippen molar-refractivity contribution in [2.45, 2.75) is 44.3 Å². The second-order valence-electron chi connectivity index (χ2n) is 5.45. The van der Waals surface area contributed by atoms with Crippen molar-refractivity contribution in [3.05, 3.63) is 0 Å². The fourth-order valence-corrected chi connectivity index (χ4v) is 2.97. The summed E-state index contributed by atoms with van der Waals surface area (Å²) in [6, 6.07) is 0. The first-order valence-corrected chi connectivity index (χ1v) is 6.18. The summed E-state index contributed by atoms with van der Waals surface area (Å²) in [7, 11) is 1.75. The van der Waals surface area contributed by atoms with Gasteiger partial charge in [-0.15, -0.1) is 0 Å². The van der Waals surface area contributed by atoms with Gasteiger partial charge in [0, 0.05) is 24.5 Å². The van der Waals surface area contributed by atoms with E-state index in [9.17, 15) is 18.0 Å². The van der Waals surface area contributed by atoms with Crippen molar-refractivity contribution in [2.75, 3.05) is 13.7 Å². The first kappa shape index (κ1) is 16.7. The van der Waals surface area contributed by atoms with E-state index in [1.807, 2.05) is 6.92 Å². The number of methoxy groups -OCH3 is 1. The second kappa shape index (κ2) is 5.59. The molecule has 3 fully saturated rings. The number of nitrogens with one attached hydrogen (secondary N) is 1. The highest BCUT2D eigenvalue weighted by Crippen LogP contribution is 2.67. The zero-order valence-corrected chi connectivity index (χ0v) is 11.3. The van der Waals surface area contributed by atoms with E-state index in [2.05, 4.69) is 5.32 Å². The van der Waals surface area contributed by atoms with Gasteiger partial charge in [-0.1, -0.05) is 6.92 Å². The molecule has 0 unspecified atom stereocenters. The van der Waals surface area contributed by atoms with E-state index in [-0.39, 0.29) is 11.4 Å². The van der Waals surface area contributed by atoms with Gasteiger partial charge in [0.05, 0.1) is 6.61 Å². The Morgan fingerprint density at radius 3 is 2.05 bits per heavy atom. The van der Waals surface area contributed by atoms with Gasteiger partial charge in [-0.05, 0) is 19.3 Å². The molecule has 5 nitrogen and oxygen atoms in total. The number of hydrogen-bond acceptors (Lipinski definition) is 3. The zero-order valence-electron chi connectivity index (χ0n) is 11.3. The molecule has 0 saturated heterocycles. The van der Waals surface area contributed by atoms with Gasteiger partial charge in [-0.25, -0.2) is 4.79 Å². The Balaban J connectivity index is 0.000000246. The van der Waals surface area contributed by atoms with E-state index in [0.29, 0.717) is 11.8 Å². The summed E-state index contributed by atoms with van der Waals surface area (Å²) in [5.74, 6) is -2.57. The highest BCUT2D eigenvalue weighted by molar-refractivity contribution is 5.77. The largest absolute Gasteiger partial charge is 0.490 e. The Kier molecular flexibility index (Phi) is 4.68. The van der Waals surface area contributed by atoms with Crippen LogP contribution in [0.3, 0.4) is 0 Å². The summed E-state index contributed by atoms with van der Waals surface area (Å²) in [6.45, 7) is 2.75. The summed E-state index contributed by atoms with van der Waals surface area (Å²) in [6.07, 6.45) is -1.11. The van der Waals surface area contributed by atoms with Crippen LogP contribution in [-0.4, -0.2) is 42.4 Å². The van der Waals surface area contributed by atoms with Gasteiger partial charge >= 0.3 is 12.1 Å². The molecule has 3 aliphatic carbocycles. The maximum absolute atomic E-state index is 11.2. The molecule has 0 aliphatic heterocycles. The smallest absolute Gasteiger partial charge is 0.475 e. The van der Waals surface area contributed by atoms with Crippen LogP contribution in [0.4, 0.5) is 13.2 Å². The molecule has 0 spiro atoms. The first-order chi connectivity index (χ1) is 9.08. The van der Waals surface area contributed by atoms with E-state index >= 15 is 0 Å². The third-order valence-electron chi connectivity index (χ3n) is 3.56. The topological polar surface area (TPSA) is 75.6 Å². The van der Waals surface area contributed by atoms with Crippen LogP contribution < -0.4 is 5.32 Å². The minimum atomic E-state index is -5.08. The summed E-state index contributed by atoms with van der Waals surface area (Å²) in [5, 5.41) is 10.2. The molecule has 0 radical (unpaired) electrons. The Morgan fingerprint density at radius 1 is 1.30 bits per heavy atom. The summed E-state index contributed by atoms with van der Waals surface area (Å²) in [4.78, 5) is 20.1. The van der Waals surface area contributed by atoms with Crippen LogP contribution in [0.5, 0.6) is 0 Å². The van der Waals surface area contributed by atoms with Gasteiger partial charge in [-0.2, -0.15) is 13.2 Å². The lowest BCUT2D eigenvalue weighted by Crippen LogP contribution is -2.75. The molecule has 3 rings (SSSR count). The number of halogens is 3. The lowest BCUT2D eigenvalue weighted by molar-refractivity contribution is -0.192. The lowest BCUT2D eigenvalue weighted by Gasteiger charge is -2.70. The van der Waals surface area contributed by atoms with Crippen LogP contribution in [0.1, 0.15) is 32.6 Å². The number of rotatable bonds is 4. The quantitative estimate of drug-likeness (QED) is 0.828. The van der Waals surface area contributed by atoms with Gasteiger partial charge in [0.2, 0.25) is 5.91 Å². The van der Waals surface area contributed by atoms with E-state index in [1.165, 1.54) is 0 Å². The van der Waals surface area contributed by atoms with Gasteiger partial charge in [0.1, 0.15) is 0 Å². The Morgan fingerprint density at radius 2 is 1.75 bits per heavy atom. The number of aliphatic carboxylic acids is 1. The van der Waals surface area contributed by atoms with Crippen molar-refractivity contribution in [3.63, 3.8) is 0 Å². The SMILES string of the molecule is CCC(=O)NC12CC(COC)(C1)C2.O=C(O)C(F)(F)F. The molecule has 1 amide bonds. The molecule has 116 valence electrons. The molecule has 8 heteroatoms. The van der Waals surface area contributed by atoms with Crippen LogP contribution in [0.25, 0.3) is 0 Å². The second-order valence-corrected chi connectivity index (χ2v) is 5.45. The molecular weight excluding hydrogens is 279 g/mol. The molecule has 0 aromatic carbocycles. The molecule has 3 saturated carbocycles. The van der Waals surface area contributed by atoms with Crippen molar-refractivity contribution in [3.8, 4) is 0 Å². The fraction of sp³-hybridized carbons (Fsp3) is 0.833. The number of carboxylic acids is 1. The maximum Gasteiger partial charge on any atom is 0.490 e. The maximum atomic E-state index is 11.2. The molecular formula is C12H18F3NO4. The van der Waals surface area contributed by atoms with Crippen LogP contribution in [0.2, 0.25) is 0 Å². The molecule has 0 aromatic rings. The van der Waals surface area contributed by atoms with Crippen LogP contribution in [0, 0.1) is 5.41 Å². The minimum absolute atomic E-state index is 0.172. The Hall–Kier alpha value is -1.31. The third kappa shape index (κ3) is 3.62. The monoisotopic (exact) mass is 297 g/mol. The molecule has 2 N–H and O–H groups in total. The fourth-order valence-electron chi connectivity index (χ4n) is 2.97. The number of hydrogen-bond donors (Lipinski definition) is 2. The summed E-state index contributed by atoms with van der Waals surface area (Å²) in [5.41, 5.74) is 0.599. The predicted octanol–water partition coefficient (Wildman–Crippen LogP) is 1.71. The number of carbonyl (C=O) groups is 2. The van der Waals surface area contributed by atoms with E-state index in [1.54, 1.807) is 7.11 Å². The summed E-state index contributed by atoms with van der Waals surface area (Å²) < 4.78 is 36.9. The predicted molar refractivity (Wildman–Crippen MR) is 63.0 cm³/mol. The molecule has 2 bridgehead atoms. The minimum Gasteiger partial charge on any atom is -0.475 e. The molecule has 0 aromatic heterocycles. The average molecular weight is 297 g/mol. The molecule has 0 atom stereocenters. The van der Waals surface area contributed by atoms with Crippen molar-refractivity contribution in [1.29, 1.82) is 0 Å². The zero-order chi connectivity index (χ0) is 15.6. The number of amides is 1. The van der Waals surface area contributed by atoms with Gasteiger partial charge < -0.3 is 15.2 Å². The number of carboxylic acid groups (broad SMARTS) is 1. The number of ether oxygens (including phenoxy) is 1. The standard InChI is InChI=1S/C10H17NO2.C2HF3O2/c1-3-8(12)11-10-4-9(5-10,6-10)7-13-2;3-2(4,5)1(6)7/h3-7H2,1-2H3,(H,11,12);(H,6,7). The molecule has 20 heavy (non-hydrogen) atoms. The normalized spacial score (nSPS) is 30.2. The van der Waals surface area contributed by atoms with Crippen LogP contribution in [0.15, 0.2) is 0 Å². The van der Waals surface area contributed by atoms with Gasteiger partial charge in [0.15, 0.2) is 0 Å². The third-order valence-corrected chi connectivity index (χ3v) is 3.56. The average Bonchev–Trinajstić information content (AvgIpc) is 2.24. The van der Waals surface area contributed by atoms with Gasteiger partial charge in [-0.3, -0.25) is 4.79 Å². The van der Waals surface area contributed by atoms with E-state index in [4.69, 9.17) is 14.6 Å². The summed E-state index contributed by atoms with van der Waals surface area (Å²) >= 11 is 0. The van der Waals surface area contributed by atoms with Crippen molar-refractivity contribution >= 4 is 11.9 Å². The Bertz CT molecular complexity index is 375. The van der Waals surface area contributed by atoms with Crippen LogP contribution in [-0.2, 0) is 14.3 Å². The van der Waals surface area contributed by atoms with E-state index in [0.717, 1.165) is 25.9 Å². The highest BCUT2D eigenvalue weighted by Gasteiger charge is 2.68. The van der Waals surface area contributed by atoms with Crippen LogP contribution >= 0.6 is 0 Å². The highest BCUT2D eigenvalue weighted by atomic mass is 19.4. The lowest BCUT2D eigenvalue weighted by atomic mass is 9.39. The first-order valence-electron chi connectivity index (χ1n) is 6.18. The van der Waals surface area contributed by atoms with Crippen molar-refractivity contribution < 1.29 is 32.6 Å². The molecule has 0 heterocycles. The molecule has 3 aliphatic rings.